The monoisotopic (exact) mass is 346 g/mol. The molecule has 1 amide bonds. The topological polar surface area (TPSA) is 59.9 Å². The minimum Gasteiger partial charge on any atom is -0.396 e. The first-order valence-corrected chi connectivity index (χ1v) is 9.30. The molecule has 0 unspecified atom stereocenters. The van der Waals surface area contributed by atoms with Crippen LogP contribution in [0.5, 0.6) is 0 Å². The van der Waals surface area contributed by atoms with E-state index in [0.717, 1.165) is 38.3 Å². The van der Waals surface area contributed by atoms with E-state index in [4.69, 9.17) is 0 Å². The van der Waals surface area contributed by atoms with Crippen LogP contribution in [0.3, 0.4) is 0 Å². The van der Waals surface area contributed by atoms with Gasteiger partial charge in [-0.05, 0) is 51.0 Å². The Morgan fingerprint density at radius 2 is 2.00 bits per heavy atom. The molecule has 0 aliphatic carbocycles. The lowest BCUT2D eigenvalue weighted by atomic mass is 9.96. The number of aliphatic hydroxyl groups is 1. The molecule has 6 heteroatoms. The number of hydrogen-bond acceptors (Lipinski definition) is 5. The van der Waals surface area contributed by atoms with Crippen LogP contribution in [0.2, 0.25) is 0 Å². The van der Waals surface area contributed by atoms with E-state index in [1.165, 1.54) is 6.42 Å². The molecule has 2 saturated heterocycles. The molecule has 2 atom stereocenters. The second-order valence-corrected chi connectivity index (χ2v) is 7.59. The van der Waals surface area contributed by atoms with Crippen LogP contribution in [-0.2, 0) is 0 Å². The van der Waals surface area contributed by atoms with E-state index >= 15 is 0 Å². The molecule has 0 saturated carbocycles. The molecule has 0 spiro atoms. The van der Waals surface area contributed by atoms with Crippen molar-refractivity contribution in [2.24, 2.45) is 11.8 Å². The van der Waals surface area contributed by atoms with Gasteiger partial charge in [0.05, 0.1) is 0 Å². The molecule has 2 fully saturated rings. The summed E-state index contributed by atoms with van der Waals surface area (Å²) in [4.78, 5) is 23.7. The summed E-state index contributed by atoms with van der Waals surface area (Å²) in [6.07, 6.45) is 2.92. The number of amides is 1. The van der Waals surface area contributed by atoms with E-state index in [2.05, 4.69) is 21.8 Å². The zero-order chi connectivity index (χ0) is 17.8. The van der Waals surface area contributed by atoms with Gasteiger partial charge in [0.25, 0.3) is 5.91 Å². The van der Waals surface area contributed by atoms with Crippen LogP contribution in [0.15, 0.2) is 18.3 Å². The van der Waals surface area contributed by atoms with Gasteiger partial charge in [-0.25, -0.2) is 0 Å². The Labute approximate surface area is 150 Å². The molecule has 0 aromatic carbocycles. The Morgan fingerprint density at radius 1 is 1.20 bits per heavy atom. The van der Waals surface area contributed by atoms with Gasteiger partial charge in [-0.2, -0.15) is 0 Å². The fourth-order valence-corrected chi connectivity index (χ4v) is 3.89. The zero-order valence-electron chi connectivity index (χ0n) is 15.4. The number of likely N-dealkylation sites (tertiary alicyclic amines) is 1. The lowest BCUT2D eigenvalue weighted by molar-refractivity contribution is 0.0773. The third kappa shape index (κ3) is 4.57. The molecule has 3 rings (SSSR count). The quantitative estimate of drug-likeness (QED) is 0.870. The average molecular weight is 346 g/mol. The van der Waals surface area contributed by atoms with Crippen LogP contribution in [-0.4, -0.2) is 90.2 Å². The molecule has 2 aliphatic rings. The van der Waals surface area contributed by atoms with Gasteiger partial charge >= 0.3 is 0 Å². The van der Waals surface area contributed by atoms with Crippen LogP contribution in [0.4, 0.5) is 0 Å². The fourth-order valence-electron chi connectivity index (χ4n) is 3.89. The van der Waals surface area contributed by atoms with Crippen molar-refractivity contribution in [3.8, 4) is 0 Å². The van der Waals surface area contributed by atoms with E-state index in [-0.39, 0.29) is 18.4 Å². The highest BCUT2D eigenvalue weighted by Gasteiger charge is 2.36. The maximum Gasteiger partial charge on any atom is 0.272 e. The summed E-state index contributed by atoms with van der Waals surface area (Å²) in [6.45, 7) is 8.82. The summed E-state index contributed by atoms with van der Waals surface area (Å²) in [7, 11) is 2.17. The van der Waals surface area contributed by atoms with Gasteiger partial charge < -0.3 is 19.8 Å². The second-order valence-electron chi connectivity index (χ2n) is 7.59. The number of pyridine rings is 1. The molecule has 138 valence electrons. The lowest BCUT2D eigenvalue weighted by Gasteiger charge is -2.26. The van der Waals surface area contributed by atoms with E-state index in [1.807, 2.05) is 17.9 Å². The fraction of sp³-hybridized carbons (Fsp3) is 0.684. The molecule has 6 nitrogen and oxygen atoms in total. The van der Waals surface area contributed by atoms with Crippen LogP contribution in [0.25, 0.3) is 0 Å². The van der Waals surface area contributed by atoms with E-state index < -0.39 is 0 Å². The van der Waals surface area contributed by atoms with Crippen LogP contribution < -0.4 is 0 Å². The number of carbonyl (C=O) groups is 1. The predicted molar refractivity (Wildman–Crippen MR) is 97.5 cm³/mol. The van der Waals surface area contributed by atoms with Crippen LogP contribution >= 0.6 is 0 Å². The Hall–Kier alpha value is -1.50. The molecule has 1 aromatic heterocycles. The molecule has 0 bridgehead atoms. The van der Waals surface area contributed by atoms with Gasteiger partial charge in [0, 0.05) is 51.4 Å². The summed E-state index contributed by atoms with van der Waals surface area (Å²) in [5.41, 5.74) is 1.55. The summed E-state index contributed by atoms with van der Waals surface area (Å²) in [5, 5.41) is 9.79. The van der Waals surface area contributed by atoms with Crippen molar-refractivity contribution in [2.45, 2.75) is 13.3 Å². The van der Waals surface area contributed by atoms with E-state index in [9.17, 15) is 9.90 Å². The minimum atomic E-state index is -0.0171. The molecule has 1 N–H and O–H groups in total. The van der Waals surface area contributed by atoms with Gasteiger partial charge in [-0.1, -0.05) is 6.07 Å². The Balaban J connectivity index is 1.61. The SMILES string of the molecule is Cc1ccc(C(=O)N2C[C@@H](CN3CCCN(C)CC3)[C@@H](CO)C2)nc1. The molecule has 3 heterocycles. The number of aliphatic hydroxyl groups excluding tert-OH is 1. The lowest BCUT2D eigenvalue weighted by Crippen LogP contribution is -2.36. The standard InChI is InChI=1S/C19H30N4O2/c1-15-4-5-18(20-10-15)19(25)23-12-16(17(13-23)14-24)11-22-7-3-6-21(2)8-9-22/h4-5,10,16-17,24H,3,6-9,11-14H2,1-2H3/t16-,17-/m1/s1. The Bertz CT molecular complexity index is 577. The van der Waals surface area contributed by atoms with Crippen LogP contribution in [0, 0.1) is 18.8 Å². The van der Waals surface area contributed by atoms with Gasteiger partial charge in [-0.3, -0.25) is 9.78 Å². The third-order valence-corrected chi connectivity index (χ3v) is 5.53. The smallest absolute Gasteiger partial charge is 0.272 e. The van der Waals surface area contributed by atoms with Gasteiger partial charge in [0.15, 0.2) is 0 Å². The highest BCUT2D eigenvalue weighted by Crippen LogP contribution is 2.25. The van der Waals surface area contributed by atoms with Crippen LogP contribution in [0.1, 0.15) is 22.5 Å². The van der Waals surface area contributed by atoms with Crippen molar-refractivity contribution in [1.29, 1.82) is 0 Å². The van der Waals surface area contributed by atoms with Crippen molar-refractivity contribution in [3.63, 3.8) is 0 Å². The van der Waals surface area contributed by atoms with Crippen molar-refractivity contribution in [3.05, 3.63) is 29.6 Å². The average Bonchev–Trinajstić information content (AvgIpc) is 2.91. The first-order chi connectivity index (χ1) is 12.1. The molecule has 1 aromatic rings. The molecule has 0 radical (unpaired) electrons. The number of rotatable bonds is 4. The molecule has 2 aliphatic heterocycles. The van der Waals surface area contributed by atoms with E-state index in [0.29, 0.717) is 24.7 Å². The number of aryl methyl sites for hydroxylation is 1. The largest absolute Gasteiger partial charge is 0.396 e. The first-order valence-electron chi connectivity index (χ1n) is 9.30. The minimum absolute atomic E-state index is 0.0171. The molecular formula is C19H30N4O2. The number of carbonyl (C=O) groups excluding carboxylic acids is 1. The summed E-state index contributed by atoms with van der Waals surface area (Å²) in [5.74, 6) is 0.481. The highest BCUT2D eigenvalue weighted by atomic mass is 16.3. The van der Waals surface area contributed by atoms with Gasteiger partial charge in [0.2, 0.25) is 0 Å². The summed E-state index contributed by atoms with van der Waals surface area (Å²) >= 11 is 0. The molecular weight excluding hydrogens is 316 g/mol. The summed E-state index contributed by atoms with van der Waals surface area (Å²) < 4.78 is 0. The number of hydrogen-bond donors (Lipinski definition) is 1. The summed E-state index contributed by atoms with van der Waals surface area (Å²) in [6, 6.07) is 3.72. The zero-order valence-corrected chi connectivity index (χ0v) is 15.4. The first kappa shape index (κ1) is 18.3. The number of likely N-dealkylation sites (N-methyl/N-ethyl adjacent to an activating group) is 1. The third-order valence-electron chi connectivity index (χ3n) is 5.53. The Morgan fingerprint density at radius 3 is 2.72 bits per heavy atom. The molecule has 25 heavy (non-hydrogen) atoms. The predicted octanol–water partition coefficient (Wildman–Crippen LogP) is 0.708. The normalized spacial score (nSPS) is 26.0. The van der Waals surface area contributed by atoms with Crippen molar-refractivity contribution < 1.29 is 9.90 Å². The van der Waals surface area contributed by atoms with E-state index in [1.54, 1.807) is 12.3 Å². The van der Waals surface area contributed by atoms with Gasteiger partial charge in [0.1, 0.15) is 5.69 Å². The number of aromatic nitrogens is 1. The van der Waals surface area contributed by atoms with Crippen molar-refractivity contribution >= 4 is 5.91 Å². The maximum atomic E-state index is 12.7. The maximum absolute atomic E-state index is 12.7. The highest BCUT2D eigenvalue weighted by molar-refractivity contribution is 5.92. The second kappa shape index (κ2) is 8.25. The van der Waals surface area contributed by atoms with Crippen molar-refractivity contribution in [1.82, 2.24) is 19.7 Å². The number of nitrogens with zero attached hydrogens (tertiary/aromatic N) is 4. The Kier molecular flexibility index (Phi) is 6.04. The van der Waals surface area contributed by atoms with Gasteiger partial charge in [-0.15, -0.1) is 0 Å². The van der Waals surface area contributed by atoms with Crippen molar-refractivity contribution in [2.75, 3.05) is 59.5 Å².